The smallest absolute Gasteiger partial charge is 0.317 e. The number of rotatable bonds is 9. The van der Waals surface area contributed by atoms with E-state index < -0.39 is 5.97 Å². The Kier molecular flexibility index (Phi) is 7.86. The van der Waals surface area contributed by atoms with Gasteiger partial charge in [-0.15, -0.1) is 0 Å². The predicted octanol–water partition coefficient (Wildman–Crippen LogP) is 1.91. The number of carbonyl (C=O) groups excluding carboxylic acids is 1. The number of carboxylic acid groups (broad SMARTS) is 1. The van der Waals surface area contributed by atoms with E-state index in [0.717, 1.165) is 24.8 Å². The predicted molar refractivity (Wildman–Crippen MR) is 80.1 cm³/mol. The van der Waals surface area contributed by atoms with Gasteiger partial charge in [-0.3, -0.25) is 9.78 Å². The summed E-state index contributed by atoms with van der Waals surface area (Å²) in [6, 6.07) is 3.78. The molecule has 0 aromatic carbocycles. The van der Waals surface area contributed by atoms with Crippen molar-refractivity contribution in [1.29, 1.82) is 0 Å². The van der Waals surface area contributed by atoms with Gasteiger partial charge in [-0.2, -0.15) is 0 Å². The van der Waals surface area contributed by atoms with Crippen LogP contribution in [0, 0.1) is 0 Å². The van der Waals surface area contributed by atoms with Crippen LogP contribution >= 0.6 is 0 Å². The quantitative estimate of drug-likeness (QED) is 0.681. The number of hydrogen-bond acceptors (Lipinski definition) is 3. The molecule has 1 rings (SSSR count). The van der Waals surface area contributed by atoms with Crippen LogP contribution in [0.2, 0.25) is 0 Å². The van der Waals surface area contributed by atoms with Crippen LogP contribution in [0.1, 0.15) is 31.2 Å². The van der Waals surface area contributed by atoms with Crippen molar-refractivity contribution >= 4 is 12.0 Å². The van der Waals surface area contributed by atoms with Crippen LogP contribution in [-0.2, 0) is 11.2 Å². The second-order valence-corrected chi connectivity index (χ2v) is 4.96. The Morgan fingerprint density at radius 3 is 2.62 bits per heavy atom. The highest BCUT2D eigenvalue weighted by molar-refractivity contribution is 5.73. The van der Waals surface area contributed by atoms with Gasteiger partial charge in [-0.25, -0.2) is 4.79 Å². The number of hydrogen-bond donors (Lipinski definition) is 2. The Labute approximate surface area is 125 Å². The van der Waals surface area contributed by atoms with Crippen molar-refractivity contribution < 1.29 is 14.7 Å². The minimum atomic E-state index is -0.769. The monoisotopic (exact) mass is 293 g/mol. The van der Waals surface area contributed by atoms with E-state index in [4.69, 9.17) is 5.11 Å². The lowest BCUT2D eigenvalue weighted by molar-refractivity contribution is -0.137. The Morgan fingerprint density at radius 2 is 1.95 bits per heavy atom. The molecule has 0 atom stereocenters. The van der Waals surface area contributed by atoms with Crippen LogP contribution in [0.3, 0.4) is 0 Å². The molecule has 1 aromatic rings. The molecule has 0 unspecified atom stereocenters. The van der Waals surface area contributed by atoms with Gasteiger partial charge in [-0.05, 0) is 37.0 Å². The third-order valence-electron chi connectivity index (χ3n) is 3.18. The van der Waals surface area contributed by atoms with Crippen LogP contribution in [0.4, 0.5) is 4.79 Å². The molecule has 0 aliphatic carbocycles. The first kappa shape index (κ1) is 16.9. The number of unbranched alkanes of at least 4 members (excludes halogenated alkanes) is 2. The lowest BCUT2D eigenvalue weighted by atomic mass is 10.2. The van der Waals surface area contributed by atoms with Crippen LogP contribution in [0.15, 0.2) is 24.5 Å². The second-order valence-electron chi connectivity index (χ2n) is 4.96. The number of nitrogens with zero attached hydrogens (tertiary/aromatic N) is 2. The summed E-state index contributed by atoms with van der Waals surface area (Å²) in [4.78, 5) is 27.8. The fraction of sp³-hybridized carbons (Fsp3) is 0.533. The van der Waals surface area contributed by atoms with E-state index in [-0.39, 0.29) is 12.5 Å². The molecule has 0 radical (unpaired) electrons. The summed E-state index contributed by atoms with van der Waals surface area (Å²) in [7, 11) is 1.76. The van der Waals surface area contributed by atoms with Crippen molar-refractivity contribution in [2.75, 3.05) is 20.1 Å². The first-order valence-corrected chi connectivity index (χ1v) is 7.19. The standard InChI is InChI=1S/C15H23N3O3/c1-18(12-8-13-6-10-16-11-7-13)15(21)17-9-4-2-3-5-14(19)20/h6-7,10-11H,2-5,8-9,12H2,1H3,(H,17,21)(H,19,20). The van der Waals surface area contributed by atoms with Gasteiger partial charge in [0.1, 0.15) is 0 Å². The average Bonchev–Trinajstić information content (AvgIpc) is 2.48. The van der Waals surface area contributed by atoms with Crippen molar-refractivity contribution in [3.05, 3.63) is 30.1 Å². The fourth-order valence-electron chi connectivity index (χ4n) is 1.86. The average molecular weight is 293 g/mol. The number of aliphatic carboxylic acids is 1. The number of likely N-dealkylation sites (N-methyl/N-ethyl adjacent to an activating group) is 1. The molecule has 21 heavy (non-hydrogen) atoms. The molecule has 0 aliphatic heterocycles. The lowest BCUT2D eigenvalue weighted by Gasteiger charge is -2.17. The molecule has 116 valence electrons. The van der Waals surface area contributed by atoms with Crippen molar-refractivity contribution in [2.24, 2.45) is 0 Å². The molecule has 0 fully saturated rings. The van der Waals surface area contributed by atoms with Gasteiger partial charge in [0.25, 0.3) is 0 Å². The molecule has 0 aliphatic rings. The molecule has 1 aromatic heterocycles. The summed E-state index contributed by atoms with van der Waals surface area (Å²) in [5.74, 6) is -0.769. The maximum Gasteiger partial charge on any atom is 0.317 e. The molecule has 6 nitrogen and oxygen atoms in total. The Balaban J connectivity index is 2.09. The summed E-state index contributed by atoms with van der Waals surface area (Å²) in [5.41, 5.74) is 1.15. The third-order valence-corrected chi connectivity index (χ3v) is 3.18. The normalized spacial score (nSPS) is 10.1. The van der Waals surface area contributed by atoms with E-state index in [1.165, 1.54) is 0 Å². The summed E-state index contributed by atoms with van der Waals surface area (Å²) in [5, 5.41) is 11.3. The van der Waals surface area contributed by atoms with Crippen LogP contribution in [-0.4, -0.2) is 47.1 Å². The molecule has 1 heterocycles. The lowest BCUT2D eigenvalue weighted by Crippen LogP contribution is -2.38. The Bertz CT molecular complexity index is 437. The molecular formula is C15H23N3O3. The minimum absolute atomic E-state index is 0.0951. The Hall–Kier alpha value is -2.11. The van der Waals surface area contributed by atoms with E-state index >= 15 is 0 Å². The summed E-state index contributed by atoms with van der Waals surface area (Å²) < 4.78 is 0. The summed E-state index contributed by atoms with van der Waals surface area (Å²) in [6.07, 6.45) is 6.75. The maximum atomic E-state index is 11.8. The number of nitrogens with one attached hydrogen (secondary N) is 1. The number of pyridine rings is 1. The third kappa shape index (κ3) is 7.91. The summed E-state index contributed by atoms with van der Waals surface area (Å²) in [6.45, 7) is 1.23. The molecule has 0 saturated heterocycles. The highest BCUT2D eigenvalue weighted by Crippen LogP contribution is 2.00. The molecule has 0 saturated carbocycles. The summed E-state index contributed by atoms with van der Waals surface area (Å²) >= 11 is 0. The first-order valence-electron chi connectivity index (χ1n) is 7.19. The van der Waals surface area contributed by atoms with Crippen molar-refractivity contribution in [3.8, 4) is 0 Å². The number of aromatic nitrogens is 1. The number of carboxylic acids is 1. The topological polar surface area (TPSA) is 82.5 Å². The van der Waals surface area contributed by atoms with Gasteiger partial charge >= 0.3 is 12.0 Å². The molecule has 2 amide bonds. The molecular weight excluding hydrogens is 270 g/mol. The molecule has 0 bridgehead atoms. The van der Waals surface area contributed by atoms with E-state index in [1.807, 2.05) is 12.1 Å². The van der Waals surface area contributed by atoms with E-state index in [1.54, 1.807) is 24.3 Å². The number of carbonyl (C=O) groups is 2. The van der Waals surface area contributed by atoms with Crippen molar-refractivity contribution in [3.63, 3.8) is 0 Å². The van der Waals surface area contributed by atoms with Gasteiger partial charge < -0.3 is 15.3 Å². The Morgan fingerprint density at radius 1 is 1.24 bits per heavy atom. The zero-order valence-corrected chi connectivity index (χ0v) is 12.4. The number of amides is 2. The largest absolute Gasteiger partial charge is 0.481 e. The van der Waals surface area contributed by atoms with Gasteiger partial charge in [0.15, 0.2) is 0 Å². The minimum Gasteiger partial charge on any atom is -0.481 e. The highest BCUT2D eigenvalue weighted by atomic mass is 16.4. The zero-order valence-electron chi connectivity index (χ0n) is 12.4. The van der Waals surface area contributed by atoms with Gasteiger partial charge in [0.05, 0.1) is 0 Å². The maximum absolute atomic E-state index is 11.8. The second kappa shape index (κ2) is 9.74. The van der Waals surface area contributed by atoms with E-state index in [9.17, 15) is 9.59 Å². The molecule has 6 heteroatoms. The zero-order chi connectivity index (χ0) is 15.5. The number of urea groups is 1. The SMILES string of the molecule is CN(CCc1ccncc1)C(=O)NCCCCCC(=O)O. The van der Waals surface area contributed by atoms with E-state index in [0.29, 0.717) is 19.5 Å². The van der Waals surface area contributed by atoms with Gasteiger partial charge in [-0.1, -0.05) is 6.42 Å². The molecule has 0 spiro atoms. The van der Waals surface area contributed by atoms with Crippen molar-refractivity contribution in [2.45, 2.75) is 32.1 Å². The van der Waals surface area contributed by atoms with Crippen molar-refractivity contribution in [1.82, 2.24) is 15.2 Å². The van der Waals surface area contributed by atoms with Crippen LogP contribution in [0.5, 0.6) is 0 Å². The first-order chi connectivity index (χ1) is 10.1. The van der Waals surface area contributed by atoms with Gasteiger partial charge in [0.2, 0.25) is 0 Å². The van der Waals surface area contributed by atoms with E-state index in [2.05, 4.69) is 10.3 Å². The molecule has 2 N–H and O–H groups in total. The highest BCUT2D eigenvalue weighted by Gasteiger charge is 2.07. The van der Waals surface area contributed by atoms with Gasteiger partial charge in [0, 0.05) is 39.0 Å². The van der Waals surface area contributed by atoms with Crippen LogP contribution in [0.25, 0.3) is 0 Å². The van der Waals surface area contributed by atoms with Crippen LogP contribution < -0.4 is 5.32 Å². The fourth-order valence-corrected chi connectivity index (χ4v) is 1.86.